The molecule has 192 valence electrons. The maximum Gasteiger partial charge on any atom is 0.265 e. The van der Waals surface area contributed by atoms with E-state index in [0.29, 0.717) is 24.4 Å². The van der Waals surface area contributed by atoms with E-state index in [1.165, 1.54) is 5.56 Å². The summed E-state index contributed by atoms with van der Waals surface area (Å²) < 4.78 is 11.4. The van der Waals surface area contributed by atoms with E-state index in [1.54, 1.807) is 31.4 Å². The molecule has 5 rings (SSSR count). The van der Waals surface area contributed by atoms with Crippen molar-refractivity contribution in [1.29, 1.82) is 0 Å². The molecule has 2 amide bonds. The average Bonchev–Trinajstić information content (AvgIpc) is 3.76. The fourth-order valence-corrected chi connectivity index (χ4v) is 5.05. The van der Waals surface area contributed by atoms with E-state index in [0.717, 1.165) is 41.7 Å². The second kappa shape index (κ2) is 10.7. The fourth-order valence-electron chi connectivity index (χ4n) is 5.05. The highest BCUT2D eigenvalue weighted by molar-refractivity contribution is 5.94. The number of benzene rings is 3. The number of ether oxygens (including phenoxy) is 2. The van der Waals surface area contributed by atoms with Crippen LogP contribution in [0.2, 0.25) is 0 Å². The molecule has 2 aliphatic rings. The summed E-state index contributed by atoms with van der Waals surface area (Å²) in [5.41, 5.74) is 5.25. The summed E-state index contributed by atoms with van der Waals surface area (Å²) in [6, 6.07) is 21.5. The lowest BCUT2D eigenvalue weighted by molar-refractivity contribution is -0.134. The number of rotatable bonds is 8. The van der Waals surface area contributed by atoms with E-state index in [1.807, 2.05) is 24.0 Å². The van der Waals surface area contributed by atoms with Crippen molar-refractivity contribution in [2.24, 2.45) is 5.92 Å². The van der Waals surface area contributed by atoms with Crippen LogP contribution in [0.25, 0.3) is 0 Å². The lowest BCUT2D eigenvalue weighted by Gasteiger charge is -2.38. The van der Waals surface area contributed by atoms with E-state index in [-0.39, 0.29) is 23.8 Å². The highest BCUT2D eigenvalue weighted by atomic mass is 16.5. The fraction of sp³-hybridized carbons (Fsp3) is 0.355. The van der Waals surface area contributed by atoms with Crippen molar-refractivity contribution in [2.75, 3.05) is 19.0 Å². The first kappa shape index (κ1) is 24.9. The van der Waals surface area contributed by atoms with E-state index in [9.17, 15) is 9.59 Å². The van der Waals surface area contributed by atoms with Gasteiger partial charge in [-0.2, -0.15) is 0 Å². The summed E-state index contributed by atoms with van der Waals surface area (Å²) in [5, 5.41) is 2.94. The molecule has 1 N–H and O–H groups in total. The van der Waals surface area contributed by atoms with Gasteiger partial charge in [-0.3, -0.25) is 9.59 Å². The van der Waals surface area contributed by atoms with E-state index >= 15 is 0 Å². The third-order valence-electron chi connectivity index (χ3n) is 7.21. The molecule has 2 atom stereocenters. The summed E-state index contributed by atoms with van der Waals surface area (Å²) >= 11 is 0. The van der Waals surface area contributed by atoms with E-state index in [2.05, 4.69) is 42.6 Å². The number of carbonyl (C=O) groups excluding carboxylic acids is 2. The Morgan fingerprint density at radius 1 is 1.03 bits per heavy atom. The number of nitrogens with zero attached hydrogens (tertiary/aromatic N) is 1. The molecule has 0 aromatic heterocycles. The van der Waals surface area contributed by atoms with Gasteiger partial charge in [-0.25, -0.2) is 0 Å². The van der Waals surface area contributed by atoms with Crippen molar-refractivity contribution in [3.05, 3.63) is 89.0 Å². The van der Waals surface area contributed by atoms with Gasteiger partial charge in [0, 0.05) is 18.2 Å². The minimum atomic E-state index is -0.648. The highest BCUT2D eigenvalue weighted by Gasteiger charge is 2.39. The number of aryl methyl sites for hydroxylation is 1. The van der Waals surface area contributed by atoms with Crippen LogP contribution in [0.1, 0.15) is 54.5 Å². The number of carbonyl (C=O) groups is 2. The Morgan fingerprint density at radius 2 is 1.78 bits per heavy atom. The second-order valence-electron chi connectivity index (χ2n) is 9.97. The van der Waals surface area contributed by atoms with Gasteiger partial charge in [0.15, 0.2) is 6.10 Å². The van der Waals surface area contributed by atoms with E-state index in [4.69, 9.17) is 9.47 Å². The van der Waals surface area contributed by atoms with Crippen LogP contribution in [0.15, 0.2) is 66.7 Å². The summed E-state index contributed by atoms with van der Waals surface area (Å²) in [6.07, 6.45) is 2.64. The third-order valence-corrected chi connectivity index (χ3v) is 7.21. The predicted molar refractivity (Wildman–Crippen MR) is 144 cm³/mol. The molecule has 0 saturated heterocycles. The Bertz CT molecular complexity index is 1280. The van der Waals surface area contributed by atoms with Gasteiger partial charge in [-0.15, -0.1) is 0 Å². The molecule has 3 aromatic rings. The molecular weight excluding hydrogens is 464 g/mol. The van der Waals surface area contributed by atoms with Gasteiger partial charge in [0.1, 0.15) is 11.5 Å². The molecule has 1 aliphatic carbocycles. The Balaban J connectivity index is 1.41. The topological polar surface area (TPSA) is 67.9 Å². The molecule has 1 aliphatic heterocycles. The number of methoxy groups -OCH3 is 1. The van der Waals surface area contributed by atoms with Gasteiger partial charge < -0.3 is 19.7 Å². The molecule has 0 bridgehead atoms. The van der Waals surface area contributed by atoms with Crippen molar-refractivity contribution in [3.63, 3.8) is 0 Å². The molecule has 3 aromatic carbocycles. The Labute approximate surface area is 218 Å². The number of anilines is 1. The van der Waals surface area contributed by atoms with Gasteiger partial charge >= 0.3 is 0 Å². The number of hydrogen-bond donors (Lipinski definition) is 1. The number of fused-ring (bicyclic) bond motifs is 1. The number of nitrogens with one attached hydrogen (secondary N) is 1. The molecular formula is C31H34N2O4. The van der Waals surface area contributed by atoms with Crippen LogP contribution in [0.5, 0.6) is 11.5 Å². The summed E-state index contributed by atoms with van der Waals surface area (Å²) in [6.45, 7) is 4.72. The Kier molecular flexibility index (Phi) is 7.17. The lowest BCUT2D eigenvalue weighted by atomic mass is 9.87. The van der Waals surface area contributed by atoms with Crippen LogP contribution in [0.4, 0.5) is 5.69 Å². The third kappa shape index (κ3) is 5.48. The first-order chi connectivity index (χ1) is 18.0. The summed E-state index contributed by atoms with van der Waals surface area (Å²) in [4.78, 5) is 28.4. The van der Waals surface area contributed by atoms with Crippen molar-refractivity contribution < 1.29 is 19.1 Å². The molecule has 1 heterocycles. The maximum absolute atomic E-state index is 13.3. The first-order valence-corrected chi connectivity index (χ1v) is 13.1. The van der Waals surface area contributed by atoms with Gasteiger partial charge in [0.2, 0.25) is 5.91 Å². The van der Waals surface area contributed by atoms with Crippen LogP contribution >= 0.6 is 0 Å². The molecule has 37 heavy (non-hydrogen) atoms. The summed E-state index contributed by atoms with van der Waals surface area (Å²) in [7, 11) is 1.61. The van der Waals surface area contributed by atoms with Crippen LogP contribution in [0.3, 0.4) is 0 Å². The zero-order valence-electron chi connectivity index (χ0n) is 21.7. The smallest absolute Gasteiger partial charge is 0.265 e. The zero-order chi connectivity index (χ0) is 25.9. The average molecular weight is 499 g/mol. The number of amides is 2. The monoisotopic (exact) mass is 498 g/mol. The molecule has 0 unspecified atom stereocenters. The van der Waals surface area contributed by atoms with Gasteiger partial charge in [0.25, 0.3) is 5.91 Å². The van der Waals surface area contributed by atoms with Gasteiger partial charge in [-0.1, -0.05) is 42.8 Å². The minimum Gasteiger partial charge on any atom is -0.497 e. The standard InChI is InChI=1S/C31H34N2O4/c1-4-28(30(34)32-24-11-14-25(36-3)15-12-24)37-26-13-10-21-16-17-33(31(35)22-8-9-22)29(27(21)19-26)23-7-5-6-20(2)18-23/h5-7,10-15,18-19,22,28-29H,4,8-9,16-17H2,1-3H3,(H,32,34)/t28-,29-/m0/s1. The highest BCUT2D eigenvalue weighted by Crippen LogP contribution is 2.41. The van der Waals surface area contributed by atoms with Crippen LogP contribution < -0.4 is 14.8 Å². The van der Waals surface area contributed by atoms with Crippen molar-refractivity contribution in [2.45, 2.75) is 51.7 Å². The largest absolute Gasteiger partial charge is 0.497 e. The first-order valence-electron chi connectivity index (χ1n) is 13.1. The molecule has 6 nitrogen and oxygen atoms in total. The van der Waals surface area contributed by atoms with Crippen LogP contribution in [-0.4, -0.2) is 36.5 Å². The van der Waals surface area contributed by atoms with Gasteiger partial charge in [0.05, 0.1) is 13.2 Å². The Morgan fingerprint density at radius 3 is 2.46 bits per heavy atom. The Hall–Kier alpha value is -3.80. The number of hydrogen-bond acceptors (Lipinski definition) is 4. The quantitative estimate of drug-likeness (QED) is 0.434. The molecule has 0 spiro atoms. The molecule has 1 fully saturated rings. The van der Waals surface area contributed by atoms with Crippen molar-refractivity contribution in [3.8, 4) is 11.5 Å². The van der Waals surface area contributed by atoms with Gasteiger partial charge in [-0.05, 0) is 85.7 Å². The predicted octanol–water partition coefficient (Wildman–Crippen LogP) is 5.68. The zero-order valence-corrected chi connectivity index (χ0v) is 21.7. The van der Waals surface area contributed by atoms with Crippen LogP contribution in [-0.2, 0) is 16.0 Å². The van der Waals surface area contributed by atoms with E-state index < -0.39 is 6.10 Å². The van der Waals surface area contributed by atoms with Crippen molar-refractivity contribution in [1.82, 2.24) is 4.90 Å². The molecule has 6 heteroatoms. The molecule has 0 radical (unpaired) electrons. The summed E-state index contributed by atoms with van der Waals surface area (Å²) in [5.74, 6) is 1.56. The van der Waals surface area contributed by atoms with Crippen molar-refractivity contribution >= 4 is 17.5 Å². The minimum absolute atomic E-state index is 0.152. The second-order valence-corrected chi connectivity index (χ2v) is 9.97. The lowest BCUT2D eigenvalue weighted by Crippen LogP contribution is -2.41. The SMILES string of the molecule is CC[C@H](Oc1ccc2c(c1)[C@H](c1cccc(C)c1)N(C(=O)C1CC1)CC2)C(=O)Nc1ccc(OC)cc1. The van der Waals surface area contributed by atoms with Crippen LogP contribution in [0, 0.1) is 12.8 Å². The maximum atomic E-state index is 13.3. The normalized spacial score (nSPS) is 17.5. The molecule has 1 saturated carbocycles.